The molecule has 24 heavy (non-hydrogen) atoms. The summed E-state index contributed by atoms with van der Waals surface area (Å²) in [5.41, 5.74) is 1.99. The summed E-state index contributed by atoms with van der Waals surface area (Å²) in [4.78, 5) is 0. The van der Waals surface area contributed by atoms with Gasteiger partial charge in [0.15, 0.2) is 0 Å². The van der Waals surface area contributed by atoms with Gasteiger partial charge in [0.1, 0.15) is 29.2 Å². The van der Waals surface area contributed by atoms with Crippen molar-refractivity contribution in [1.82, 2.24) is 0 Å². The van der Waals surface area contributed by atoms with Gasteiger partial charge < -0.3 is 13.7 Å². The minimum absolute atomic E-state index is 0.277. The molecule has 3 aromatic rings. The summed E-state index contributed by atoms with van der Waals surface area (Å²) >= 11 is 2.31. The first-order valence-electron chi connectivity index (χ1n) is 7.12. The van der Waals surface area contributed by atoms with Gasteiger partial charge in [0, 0.05) is 5.39 Å². The van der Waals surface area contributed by atoms with Crippen LogP contribution in [0.3, 0.4) is 0 Å². The van der Waals surface area contributed by atoms with E-state index in [-0.39, 0.29) is 12.2 Å². The molecule has 0 saturated carbocycles. The molecule has 2 aromatic carbocycles. The fourth-order valence-corrected chi connectivity index (χ4v) is 3.25. The van der Waals surface area contributed by atoms with Gasteiger partial charge in [-0.2, -0.15) is 0 Å². The summed E-state index contributed by atoms with van der Waals surface area (Å²) in [7, 11) is 0. The molecule has 0 radical (unpaired) electrons. The maximum Gasteiger partial charge on any atom is 0.148 e. The highest BCUT2D eigenvalue weighted by molar-refractivity contribution is 9.10. The molecule has 3 rings (SSSR count). The molecule has 3 nitrogen and oxygen atoms in total. The first kappa shape index (κ1) is 17.1. The molecule has 124 valence electrons. The van der Waals surface area contributed by atoms with Gasteiger partial charge >= 0.3 is 0 Å². The molecule has 0 bridgehead atoms. The summed E-state index contributed by atoms with van der Waals surface area (Å²) in [6, 6.07) is 10.4. The molecule has 0 saturated heterocycles. The second-order valence-corrected chi connectivity index (χ2v) is 7.28. The molecule has 1 aromatic heterocycles. The summed E-state index contributed by atoms with van der Waals surface area (Å²) in [6.07, 6.45) is 4.63. The Bertz CT molecular complexity index is 889. The van der Waals surface area contributed by atoms with Gasteiger partial charge in [-0.05, 0) is 69.1 Å². The average molecular weight is 409 g/mol. The molecule has 0 fully saturated rings. The van der Waals surface area contributed by atoms with Gasteiger partial charge in [0.25, 0.3) is 0 Å². The van der Waals surface area contributed by atoms with Crippen LogP contribution in [0.5, 0.6) is 5.75 Å². The molecule has 0 aliphatic heterocycles. The third-order valence-corrected chi connectivity index (χ3v) is 4.51. The van der Waals surface area contributed by atoms with Crippen LogP contribution < -0.4 is 4.74 Å². The van der Waals surface area contributed by atoms with E-state index in [1.807, 2.05) is 18.2 Å². The zero-order chi connectivity index (χ0) is 17.1. The molecule has 6 heteroatoms. The van der Waals surface area contributed by atoms with Crippen LogP contribution in [0.4, 0.5) is 4.39 Å². The summed E-state index contributed by atoms with van der Waals surface area (Å²) in [6.45, 7) is 0.277. The van der Waals surface area contributed by atoms with Gasteiger partial charge in [-0.3, -0.25) is 0 Å². The molecule has 0 spiro atoms. The molecular formula is C18H14BrFO3S. The van der Waals surface area contributed by atoms with Crippen molar-refractivity contribution < 1.29 is 18.1 Å². The smallest absolute Gasteiger partial charge is 0.148 e. The highest BCUT2D eigenvalue weighted by atomic mass is 79.9. The van der Waals surface area contributed by atoms with Gasteiger partial charge in [0.2, 0.25) is 0 Å². The van der Waals surface area contributed by atoms with Crippen molar-refractivity contribution in [2.45, 2.75) is 6.61 Å². The SMILES string of the molecule is C[S+]([O-])C=Cc1c(F)cccc1OCc1cc(Br)c2occc2c1. The van der Waals surface area contributed by atoms with E-state index in [0.29, 0.717) is 5.75 Å². The topological polar surface area (TPSA) is 45.4 Å². The van der Waals surface area contributed by atoms with Gasteiger partial charge in [0.05, 0.1) is 22.6 Å². The zero-order valence-electron chi connectivity index (χ0n) is 12.8. The Kier molecular flexibility index (Phi) is 5.28. The first-order chi connectivity index (χ1) is 11.5. The number of ether oxygens (including phenoxy) is 1. The molecule has 0 amide bonds. The lowest BCUT2D eigenvalue weighted by Gasteiger charge is -2.10. The van der Waals surface area contributed by atoms with E-state index in [1.54, 1.807) is 18.4 Å². The van der Waals surface area contributed by atoms with Crippen LogP contribution in [0.25, 0.3) is 17.0 Å². The van der Waals surface area contributed by atoms with Crippen molar-refractivity contribution in [3.8, 4) is 5.75 Å². The summed E-state index contributed by atoms with van der Waals surface area (Å²) < 4.78 is 37.2. The van der Waals surface area contributed by atoms with Crippen molar-refractivity contribution >= 4 is 44.2 Å². The van der Waals surface area contributed by atoms with E-state index in [0.717, 1.165) is 21.0 Å². The standard InChI is InChI=1S/C18H14BrFO3S/c1-24(21)8-6-14-16(20)3-2-4-17(14)23-11-12-9-13-5-7-22-18(13)15(19)10-12/h2-10H,11H2,1H3. The van der Waals surface area contributed by atoms with Crippen LogP contribution in [0.15, 0.2) is 57.0 Å². The average Bonchev–Trinajstić information content (AvgIpc) is 3.01. The highest BCUT2D eigenvalue weighted by Gasteiger charge is 2.10. The molecule has 1 heterocycles. The predicted molar refractivity (Wildman–Crippen MR) is 97.7 cm³/mol. The van der Waals surface area contributed by atoms with Gasteiger partial charge in [-0.25, -0.2) is 4.39 Å². The number of hydrogen-bond donors (Lipinski definition) is 0. The molecule has 1 atom stereocenters. The maximum atomic E-state index is 14.0. The minimum atomic E-state index is -1.16. The Morgan fingerprint density at radius 3 is 2.96 bits per heavy atom. The number of benzene rings is 2. The van der Waals surface area contributed by atoms with Gasteiger partial charge in [-0.1, -0.05) is 6.07 Å². The third-order valence-electron chi connectivity index (χ3n) is 3.40. The summed E-state index contributed by atoms with van der Waals surface area (Å²) in [5.74, 6) is -0.0132. The lowest BCUT2D eigenvalue weighted by atomic mass is 10.1. The molecule has 1 unspecified atom stereocenters. The maximum absolute atomic E-state index is 14.0. The predicted octanol–water partition coefficient (Wildman–Crippen LogP) is 5.26. The second-order valence-electron chi connectivity index (χ2n) is 5.16. The van der Waals surface area contributed by atoms with Crippen LogP contribution in [-0.2, 0) is 17.8 Å². The molecule has 0 N–H and O–H groups in total. The van der Waals surface area contributed by atoms with Gasteiger partial charge in [-0.15, -0.1) is 0 Å². The first-order valence-corrected chi connectivity index (χ1v) is 9.53. The second kappa shape index (κ2) is 7.42. The zero-order valence-corrected chi connectivity index (χ0v) is 15.2. The van der Waals surface area contributed by atoms with Crippen molar-refractivity contribution in [2.24, 2.45) is 0 Å². The van der Waals surface area contributed by atoms with Crippen LogP contribution in [0, 0.1) is 5.82 Å². The lowest BCUT2D eigenvalue weighted by molar-refractivity contribution is 0.304. The molecule has 0 aliphatic rings. The fraction of sp³-hybridized carbons (Fsp3) is 0.111. The van der Waals surface area contributed by atoms with Crippen molar-refractivity contribution in [3.63, 3.8) is 0 Å². The van der Waals surface area contributed by atoms with E-state index in [4.69, 9.17) is 9.15 Å². The molecular weight excluding hydrogens is 395 g/mol. The minimum Gasteiger partial charge on any atom is -0.612 e. The normalized spacial score (nSPS) is 12.8. The highest BCUT2D eigenvalue weighted by Crippen LogP contribution is 2.28. The summed E-state index contributed by atoms with van der Waals surface area (Å²) in [5, 5.41) is 2.39. The monoisotopic (exact) mass is 408 g/mol. The van der Waals surface area contributed by atoms with Crippen LogP contribution in [0.2, 0.25) is 0 Å². The van der Waals surface area contributed by atoms with E-state index >= 15 is 0 Å². The Balaban J connectivity index is 1.84. The number of furan rings is 1. The Hall–Kier alpha value is -1.76. The van der Waals surface area contributed by atoms with Crippen LogP contribution in [-0.4, -0.2) is 10.8 Å². The largest absolute Gasteiger partial charge is 0.612 e. The van der Waals surface area contributed by atoms with E-state index in [9.17, 15) is 8.94 Å². The number of hydrogen-bond acceptors (Lipinski definition) is 3. The molecule has 0 aliphatic carbocycles. The van der Waals surface area contributed by atoms with E-state index in [2.05, 4.69) is 15.9 Å². The quantitative estimate of drug-likeness (QED) is 0.540. The third kappa shape index (κ3) is 3.83. The Labute approximate surface area is 150 Å². The van der Waals surface area contributed by atoms with E-state index in [1.165, 1.54) is 23.8 Å². The van der Waals surface area contributed by atoms with Crippen molar-refractivity contribution in [1.29, 1.82) is 0 Å². The van der Waals surface area contributed by atoms with Crippen molar-refractivity contribution in [3.05, 3.63) is 69.5 Å². The lowest BCUT2D eigenvalue weighted by Crippen LogP contribution is -1.99. The fourth-order valence-electron chi connectivity index (χ4n) is 2.31. The van der Waals surface area contributed by atoms with E-state index < -0.39 is 17.0 Å². The van der Waals surface area contributed by atoms with Crippen molar-refractivity contribution in [2.75, 3.05) is 6.26 Å². The van der Waals surface area contributed by atoms with Crippen LogP contribution in [0.1, 0.15) is 11.1 Å². The van der Waals surface area contributed by atoms with Crippen LogP contribution >= 0.6 is 15.9 Å². The number of rotatable bonds is 5. The Morgan fingerprint density at radius 2 is 2.17 bits per heavy atom. The number of halogens is 2. The Morgan fingerprint density at radius 1 is 1.33 bits per heavy atom. The number of fused-ring (bicyclic) bond motifs is 1.